The van der Waals surface area contributed by atoms with Gasteiger partial charge in [0, 0.05) is 64.9 Å². The number of ether oxygens (including phenoxy) is 3. The molecule has 12 heteroatoms. The molecular formula is C36H33ClN2O7S2. The van der Waals surface area contributed by atoms with E-state index < -0.39 is 29.0 Å². The van der Waals surface area contributed by atoms with Crippen molar-refractivity contribution >= 4 is 52.2 Å². The Morgan fingerprint density at radius 2 is 1.85 bits per heavy atom. The van der Waals surface area contributed by atoms with Crippen LogP contribution in [0.4, 0.5) is 0 Å². The lowest BCUT2D eigenvalue weighted by Gasteiger charge is -2.38. The van der Waals surface area contributed by atoms with E-state index in [0.717, 1.165) is 21.0 Å². The number of aliphatic hydroxyl groups is 1. The van der Waals surface area contributed by atoms with Crippen molar-refractivity contribution in [2.45, 2.75) is 42.7 Å². The Labute approximate surface area is 291 Å². The van der Waals surface area contributed by atoms with Gasteiger partial charge in [0.25, 0.3) is 0 Å². The number of thiazole rings is 1. The van der Waals surface area contributed by atoms with Gasteiger partial charge in [0.2, 0.25) is 17.3 Å². The number of Topliss-reactive ketones (excluding diaryl/α,β-unsaturated/α-hetero) is 2. The number of thioether (sulfide) groups is 1. The van der Waals surface area contributed by atoms with Crippen LogP contribution < -0.4 is 19.5 Å². The number of carbonyl (C=O) groups excluding carboxylic acids is 3. The summed E-state index contributed by atoms with van der Waals surface area (Å²) in [4.78, 5) is 47.1. The van der Waals surface area contributed by atoms with E-state index >= 15 is 0 Å². The molecule has 1 unspecified atom stereocenters. The third-order valence-electron chi connectivity index (χ3n) is 8.89. The summed E-state index contributed by atoms with van der Waals surface area (Å²) in [5, 5.41) is 17.9. The fraction of sp³-hybridized carbons (Fsp3) is 0.278. The van der Waals surface area contributed by atoms with Crippen LogP contribution in [0.15, 0.2) is 82.4 Å². The number of hydrogen-bond acceptors (Lipinski definition) is 10. The first kappa shape index (κ1) is 33.6. The van der Waals surface area contributed by atoms with Gasteiger partial charge in [-0.2, -0.15) is 0 Å². The highest BCUT2D eigenvalue weighted by atomic mass is 35.5. The molecule has 1 aliphatic heterocycles. The molecule has 0 fully saturated rings. The van der Waals surface area contributed by atoms with Gasteiger partial charge in [-0.3, -0.25) is 14.4 Å². The number of aliphatic hydroxyl groups excluding tert-OH is 1. The first-order valence-electron chi connectivity index (χ1n) is 15.2. The summed E-state index contributed by atoms with van der Waals surface area (Å²) in [6.07, 6.45) is 3.43. The van der Waals surface area contributed by atoms with Crippen LogP contribution in [0.1, 0.15) is 47.2 Å². The van der Waals surface area contributed by atoms with Crippen molar-refractivity contribution in [3.05, 3.63) is 99.2 Å². The molecule has 0 bridgehead atoms. The first-order valence-corrected chi connectivity index (χ1v) is 17.7. The summed E-state index contributed by atoms with van der Waals surface area (Å²) in [5.74, 6) is -3.09. The molecule has 0 saturated heterocycles. The number of hydrogen-bond donors (Lipinski definition) is 2. The van der Waals surface area contributed by atoms with Gasteiger partial charge in [-0.05, 0) is 29.5 Å². The van der Waals surface area contributed by atoms with Gasteiger partial charge in [0.05, 0.1) is 14.2 Å². The fourth-order valence-corrected chi connectivity index (χ4v) is 7.67. The summed E-state index contributed by atoms with van der Waals surface area (Å²) in [6, 6.07) is 16.7. The molecule has 6 rings (SSSR count). The van der Waals surface area contributed by atoms with Crippen LogP contribution in [0.2, 0.25) is 5.02 Å². The second kappa shape index (κ2) is 13.7. The van der Waals surface area contributed by atoms with E-state index in [2.05, 4.69) is 10.3 Å². The standard InChI is InChI=1S/C36H33ClN2O7S2/c1-19-15-25(40)29(33(42)36(19)34(43)30-26(44-2)17-27(45-3)31(37)32(30)46-36)24(21-9-11-23(47-4)12-10-21)16-28(41)39-18-20-5-7-22(8-6-20)35-38-13-14-48-35/h5-14,17,19,24,42H,15-16,18H2,1-4H3,(H,39,41)/t19-,24?,36+/m1/s1. The Morgan fingerprint density at radius 1 is 1.15 bits per heavy atom. The molecule has 0 radical (unpaired) electrons. The topological polar surface area (TPSA) is 124 Å². The van der Waals surface area contributed by atoms with Crippen LogP contribution in [-0.4, -0.2) is 53.6 Å². The molecular weight excluding hydrogens is 672 g/mol. The Morgan fingerprint density at radius 3 is 2.48 bits per heavy atom. The van der Waals surface area contributed by atoms with Crippen molar-refractivity contribution in [1.29, 1.82) is 0 Å². The van der Waals surface area contributed by atoms with Crippen molar-refractivity contribution in [2.24, 2.45) is 5.92 Å². The number of amides is 1. The van der Waals surface area contributed by atoms with Crippen LogP contribution >= 0.6 is 34.7 Å². The minimum atomic E-state index is -1.96. The maximum atomic E-state index is 14.3. The fourth-order valence-electron chi connectivity index (χ4n) is 6.35. The zero-order valence-electron chi connectivity index (χ0n) is 26.7. The largest absolute Gasteiger partial charge is 0.507 e. The van der Waals surface area contributed by atoms with Crippen molar-refractivity contribution < 1.29 is 33.7 Å². The van der Waals surface area contributed by atoms with E-state index in [1.54, 1.807) is 36.2 Å². The Balaban J connectivity index is 1.36. The summed E-state index contributed by atoms with van der Waals surface area (Å²) >= 11 is 9.70. The third kappa shape index (κ3) is 5.84. The van der Waals surface area contributed by atoms with E-state index in [4.69, 9.17) is 25.8 Å². The highest BCUT2D eigenvalue weighted by Crippen LogP contribution is 2.55. The van der Waals surface area contributed by atoms with Crippen molar-refractivity contribution in [3.8, 4) is 27.8 Å². The van der Waals surface area contributed by atoms with Gasteiger partial charge in [-0.15, -0.1) is 23.1 Å². The predicted molar refractivity (Wildman–Crippen MR) is 186 cm³/mol. The molecule has 3 atom stereocenters. The van der Waals surface area contributed by atoms with Gasteiger partial charge < -0.3 is 24.6 Å². The quantitative estimate of drug-likeness (QED) is 0.162. The van der Waals surface area contributed by atoms with Gasteiger partial charge in [-0.25, -0.2) is 4.98 Å². The summed E-state index contributed by atoms with van der Waals surface area (Å²) in [6.45, 7) is 1.92. The zero-order chi connectivity index (χ0) is 34.2. The number of methoxy groups -OCH3 is 2. The summed E-state index contributed by atoms with van der Waals surface area (Å²) in [5.41, 5.74) is 0.555. The molecule has 0 saturated carbocycles. The average molecular weight is 705 g/mol. The third-order valence-corrected chi connectivity index (χ3v) is 10.8. The molecule has 48 heavy (non-hydrogen) atoms. The Bertz CT molecular complexity index is 1910. The van der Waals surface area contributed by atoms with Crippen LogP contribution in [0.3, 0.4) is 0 Å². The molecule has 2 heterocycles. The minimum Gasteiger partial charge on any atom is -0.507 e. The van der Waals surface area contributed by atoms with Crippen LogP contribution in [0.5, 0.6) is 17.2 Å². The lowest BCUT2D eigenvalue weighted by molar-refractivity contribution is -0.122. The van der Waals surface area contributed by atoms with Gasteiger partial charge in [0.15, 0.2) is 17.3 Å². The molecule has 248 valence electrons. The number of fused-ring (bicyclic) bond motifs is 1. The predicted octanol–water partition coefficient (Wildman–Crippen LogP) is 7.43. The van der Waals surface area contributed by atoms with E-state index in [1.165, 1.54) is 20.3 Å². The van der Waals surface area contributed by atoms with Crippen molar-refractivity contribution in [3.63, 3.8) is 0 Å². The molecule has 9 nitrogen and oxygen atoms in total. The normalized spacial score (nSPS) is 19.2. The average Bonchev–Trinajstić information content (AvgIpc) is 3.75. The van der Waals surface area contributed by atoms with Crippen LogP contribution in [-0.2, 0) is 16.1 Å². The van der Waals surface area contributed by atoms with Crippen LogP contribution in [0.25, 0.3) is 10.6 Å². The zero-order valence-corrected chi connectivity index (χ0v) is 29.1. The lowest BCUT2D eigenvalue weighted by Crippen LogP contribution is -2.53. The monoisotopic (exact) mass is 704 g/mol. The van der Waals surface area contributed by atoms with E-state index in [1.807, 2.05) is 60.2 Å². The van der Waals surface area contributed by atoms with Crippen molar-refractivity contribution in [1.82, 2.24) is 10.3 Å². The van der Waals surface area contributed by atoms with Gasteiger partial charge in [0.1, 0.15) is 27.1 Å². The van der Waals surface area contributed by atoms with Crippen LogP contribution in [0, 0.1) is 5.92 Å². The van der Waals surface area contributed by atoms with Crippen molar-refractivity contribution in [2.75, 3.05) is 20.5 Å². The number of nitrogens with one attached hydrogen (secondary N) is 1. The SMILES string of the molecule is COc1cc(OC)c2c(c1Cl)O[C@]1(C2=O)C(O)=C(C(CC(=O)NCc2ccc(-c3nccs3)cc2)c2ccc(SC)cc2)C(=O)C[C@H]1C. The number of ketones is 2. The van der Waals surface area contributed by atoms with E-state index in [9.17, 15) is 19.5 Å². The summed E-state index contributed by atoms with van der Waals surface area (Å²) in [7, 11) is 2.82. The number of rotatable bonds is 10. The Hall–Kier alpha value is -4.32. The highest BCUT2D eigenvalue weighted by Gasteiger charge is 2.61. The minimum absolute atomic E-state index is 0.00413. The highest BCUT2D eigenvalue weighted by molar-refractivity contribution is 7.98. The number of carbonyl (C=O) groups is 3. The second-order valence-corrected chi connectivity index (χ2v) is 13.7. The van der Waals surface area contributed by atoms with E-state index in [0.29, 0.717) is 5.56 Å². The Kier molecular flexibility index (Phi) is 9.55. The maximum absolute atomic E-state index is 14.3. The van der Waals surface area contributed by atoms with E-state index in [-0.39, 0.29) is 64.5 Å². The number of nitrogens with zero attached hydrogens (tertiary/aromatic N) is 1. The van der Waals surface area contributed by atoms with Gasteiger partial charge in [-0.1, -0.05) is 54.9 Å². The maximum Gasteiger partial charge on any atom is 0.231 e. The molecule has 2 aliphatic rings. The molecule has 2 N–H and O–H groups in total. The molecule has 1 aromatic heterocycles. The molecule has 3 aromatic carbocycles. The molecule has 4 aromatic rings. The van der Waals surface area contributed by atoms with Gasteiger partial charge >= 0.3 is 0 Å². The number of benzene rings is 3. The first-order chi connectivity index (χ1) is 23.1. The number of allylic oxidation sites excluding steroid dienone is 1. The smallest absolute Gasteiger partial charge is 0.231 e. The number of halogens is 1. The molecule has 1 spiro atoms. The molecule has 1 amide bonds. The number of aromatic nitrogens is 1. The molecule has 1 aliphatic carbocycles. The second-order valence-electron chi connectivity index (χ2n) is 11.6. The summed E-state index contributed by atoms with van der Waals surface area (Å²) < 4.78 is 17.2. The lowest BCUT2D eigenvalue weighted by atomic mass is 9.69.